The van der Waals surface area contributed by atoms with Gasteiger partial charge in [-0.05, 0) is 24.0 Å². The monoisotopic (exact) mass is 396 g/mol. The van der Waals surface area contributed by atoms with E-state index < -0.39 is 0 Å². The van der Waals surface area contributed by atoms with Gasteiger partial charge in [0.15, 0.2) is 0 Å². The number of hydrogen-bond donors (Lipinski definition) is 1. The average Bonchev–Trinajstić information content (AvgIpc) is 2.62. The van der Waals surface area contributed by atoms with Crippen LogP contribution in [0.5, 0.6) is 0 Å². The molecule has 27 heavy (non-hydrogen) atoms. The molecule has 2 heterocycles. The molecule has 5 nitrogen and oxygen atoms in total. The minimum Gasteiger partial charge on any atom is -0.339 e. The second-order valence-electron chi connectivity index (χ2n) is 8.45. The maximum absolute atomic E-state index is 14.0. The zero-order valence-electron chi connectivity index (χ0n) is 16.3. The third kappa shape index (κ3) is 4.99. The van der Waals surface area contributed by atoms with Crippen LogP contribution in [0.4, 0.5) is 4.39 Å². The number of carbonyl (C=O) groups is 1. The number of benzene rings is 1. The lowest BCUT2D eigenvalue weighted by Crippen LogP contribution is -2.56. The van der Waals surface area contributed by atoms with Crippen LogP contribution in [-0.4, -0.2) is 72.5 Å². The Balaban J connectivity index is 1.48. The molecular formula is C20H30ClFN4O. The molecule has 1 atom stereocenters. The zero-order valence-corrected chi connectivity index (χ0v) is 17.0. The molecule has 2 saturated heterocycles. The number of nitrogens with zero attached hydrogens (tertiary/aromatic N) is 3. The highest BCUT2D eigenvalue weighted by Gasteiger charge is 2.34. The largest absolute Gasteiger partial charge is 0.339 e. The highest BCUT2D eigenvalue weighted by molar-refractivity contribution is 6.31. The second kappa shape index (κ2) is 8.43. The summed E-state index contributed by atoms with van der Waals surface area (Å²) < 4.78 is 14.0. The van der Waals surface area contributed by atoms with E-state index in [0.717, 1.165) is 32.6 Å². The van der Waals surface area contributed by atoms with Gasteiger partial charge in [0.1, 0.15) is 5.82 Å². The molecule has 0 aliphatic carbocycles. The quantitative estimate of drug-likeness (QED) is 0.847. The van der Waals surface area contributed by atoms with Gasteiger partial charge in [0.2, 0.25) is 5.91 Å². The van der Waals surface area contributed by atoms with Gasteiger partial charge in [-0.2, -0.15) is 0 Å². The van der Waals surface area contributed by atoms with Crippen LogP contribution >= 0.6 is 11.6 Å². The van der Waals surface area contributed by atoms with E-state index in [1.807, 2.05) is 4.90 Å². The fraction of sp³-hybridized carbons (Fsp3) is 0.650. The number of hydrogen-bond acceptors (Lipinski definition) is 4. The van der Waals surface area contributed by atoms with Crippen LogP contribution in [0.15, 0.2) is 18.2 Å². The molecule has 2 aliphatic rings. The van der Waals surface area contributed by atoms with Crippen molar-refractivity contribution >= 4 is 17.5 Å². The van der Waals surface area contributed by atoms with Gasteiger partial charge in [-0.15, -0.1) is 0 Å². The van der Waals surface area contributed by atoms with Crippen molar-refractivity contribution in [1.29, 1.82) is 0 Å². The summed E-state index contributed by atoms with van der Waals surface area (Å²) in [5.74, 6) is -0.100. The Bertz CT molecular complexity index is 656. The van der Waals surface area contributed by atoms with Crippen molar-refractivity contribution in [3.05, 3.63) is 34.6 Å². The van der Waals surface area contributed by atoms with Gasteiger partial charge >= 0.3 is 0 Å². The van der Waals surface area contributed by atoms with Crippen LogP contribution in [0.25, 0.3) is 0 Å². The summed E-state index contributed by atoms with van der Waals surface area (Å²) in [5, 5.41) is 0.458. The first-order valence-corrected chi connectivity index (χ1v) is 10.0. The van der Waals surface area contributed by atoms with Crippen LogP contribution in [0.2, 0.25) is 5.02 Å². The van der Waals surface area contributed by atoms with E-state index in [-0.39, 0.29) is 23.2 Å². The van der Waals surface area contributed by atoms with Crippen molar-refractivity contribution in [2.24, 2.45) is 11.1 Å². The predicted octanol–water partition coefficient (Wildman–Crippen LogP) is 2.18. The Kier molecular flexibility index (Phi) is 6.41. The average molecular weight is 397 g/mol. The normalized spacial score (nSPS) is 24.2. The minimum atomic E-state index is -0.271. The lowest BCUT2D eigenvalue weighted by atomic mass is 9.80. The Morgan fingerprint density at radius 2 is 1.93 bits per heavy atom. The third-order valence-electron chi connectivity index (χ3n) is 5.92. The summed E-state index contributed by atoms with van der Waals surface area (Å²) >= 11 is 6.12. The maximum Gasteiger partial charge on any atom is 0.236 e. The molecule has 3 rings (SSSR count). The minimum absolute atomic E-state index is 0.0379. The van der Waals surface area contributed by atoms with E-state index in [1.165, 1.54) is 6.07 Å². The Labute approximate surface area is 166 Å². The number of carbonyl (C=O) groups excluding carboxylic acids is 1. The van der Waals surface area contributed by atoms with E-state index in [4.69, 9.17) is 17.3 Å². The number of piperidine rings is 1. The van der Waals surface area contributed by atoms with E-state index >= 15 is 0 Å². The number of rotatable bonds is 4. The van der Waals surface area contributed by atoms with Gasteiger partial charge in [0.05, 0.1) is 6.54 Å². The first kappa shape index (κ1) is 20.5. The molecule has 0 bridgehead atoms. The lowest BCUT2D eigenvalue weighted by Gasteiger charge is -2.43. The topological polar surface area (TPSA) is 52.8 Å². The van der Waals surface area contributed by atoms with E-state index in [0.29, 0.717) is 36.8 Å². The van der Waals surface area contributed by atoms with Crippen molar-refractivity contribution in [3.63, 3.8) is 0 Å². The highest BCUT2D eigenvalue weighted by atomic mass is 35.5. The van der Waals surface area contributed by atoms with Crippen LogP contribution in [-0.2, 0) is 11.3 Å². The van der Waals surface area contributed by atoms with Crippen molar-refractivity contribution in [1.82, 2.24) is 14.7 Å². The molecule has 0 aromatic heterocycles. The van der Waals surface area contributed by atoms with Crippen LogP contribution in [0, 0.1) is 11.2 Å². The molecule has 150 valence electrons. The summed E-state index contributed by atoms with van der Waals surface area (Å²) in [6.07, 6.45) is 0.928. The maximum atomic E-state index is 14.0. The molecule has 2 N–H and O–H groups in total. The molecule has 1 aromatic rings. The van der Waals surface area contributed by atoms with Gasteiger partial charge in [-0.3, -0.25) is 14.6 Å². The Morgan fingerprint density at radius 1 is 1.22 bits per heavy atom. The smallest absolute Gasteiger partial charge is 0.236 e. The first-order chi connectivity index (χ1) is 12.8. The van der Waals surface area contributed by atoms with Crippen LogP contribution in [0.3, 0.4) is 0 Å². The number of amides is 1. The molecule has 1 aromatic carbocycles. The van der Waals surface area contributed by atoms with Gasteiger partial charge in [0, 0.05) is 62.4 Å². The molecule has 0 saturated carbocycles. The highest BCUT2D eigenvalue weighted by Crippen LogP contribution is 2.27. The van der Waals surface area contributed by atoms with Crippen LogP contribution in [0.1, 0.15) is 25.8 Å². The summed E-state index contributed by atoms with van der Waals surface area (Å²) in [4.78, 5) is 19.0. The molecule has 7 heteroatoms. The van der Waals surface area contributed by atoms with E-state index in [9.17, 15) is 9.18 Å². The lowest BCUT2D eigenvalue weighted by molar-refractivity contribution is -0.135. The van der Waals surface area contributed by atoms with Crippen LogP contribution < -0.4 is 5.73 Å². The summed E-state index contributed by atoms with van der Waals surface area (Å²) in [6, 6.07) is 4.96. The van der Waals surface area contributed by atoms with Crippen molar-refractivity contribution < 1.29 is 9.18 Å². The van der Waals surface area contributed by atoms with E-state index in [2.05, 4.69) is 23.6 Å². The van der Waals surface area contributed by atoms with Gasteiger partial charge in [-0.1, -0.05) is 31.5 Å². The van der Waals surface area contributed by atoms with Crippen molar-refractivity contribution in [2.75, 3.05) is 45.8 Å². The van der Waals surface area contributed by atoms with Gasteiger partial charge in [0.25, 0.3) is 0 Å². The zero-order chi connectivity index (χ0) is 19.6. The molecule has 0 spiro atoms. The summed E-state index contributed by atoms with van der Waals surface area (Å²) in [5.41, 5.74) is 6.76. The number of piperazine rings is 1. The molecule has 1 amide bonds. The van der Waals surface area contributed by atoms with Crippen molar-refractivity contribution in [3.8, 4) is 0 Å². The molecule has 2 aliphatic heterocycles. The molecule has 0 radical (unpaired) electrons. The predicted molar refractivity (Wildman–Crippen MR) is 106 cm³/mol. The number of nitrogens with two attached hydrogens (primary N) is 1. The van der Waals surface area contributed by atoms with Gasteiger partial charge in [-0.25, -0.2) is 4.39 Å². The second-order valence-corrected chi connectivity index (χ2v) is 8.86. The fourth-order valence-corrected chi connectivity index (χ4v) is 4.20. The van der Waals surface area contributed by atoms with E-state index in [1.54, 1.807) is 12.1 Å². The van der Waals surface area contributed by atoms with Gasteiger partial charge < -0.3 is 10.6 Å². The Morgan fingerprint density at radius 3 is 2.56 bits per heavy atom. The first-order valence-electron chi connectivity index (χ1n) is 9.67. The fourth-order valence-electron chi connectivity index (χ4n) is 3.97. The molecule has 2 fully saturated rings. The standard InChI is InChI=1S/C20H30ClFN4O/c1-20(2)14-25(7-6-18(20)23)13-19(27)26-10-8-24(9-11-26)12-15-16(21)4-3-5-17(15)22/h3-5,18H,6-14,23H2,1-2H3. The third-order valence-corrected chi connectivity index (χ3v) is 6.27. The SMILES string of the molecule is CC1(C)CN(CC(=O)N2CCN(Cc3c(F)cccc3Cl)CC2)CCC1N. The Hall–Kier alpha value is -1.21. The van der Waals surface area contributed by atoms with Crippen molar-refractivity contribution in [2.45, 2.75) is 32.9 Å². The number of halogens is 2. The summed E-state index contributed by atoms with van der Waals surface area (Å²) in [7, 11) is 0. The summed E-state index contributed by atoms with van der Waals surface area (Å²) in [6.45, 7) is 9.79. The number of likely N-dealkylation sites (tertiary alicyclic amines) is 1. The molecule has 1 unspecified atom stereocenters. The molecular weight excluding hydrogens is 367 g/mol.